The van der Waals surface area contributed by atoms with Crippen LogP contribution in [-0.2, 0) is 22.2 Å². The van der Waals surface area contributed by atoms with Crippen molar-refractivity contribution in [3.8, 4) is 5.75 Å². The summed E-state index contributed by atoms with van der Waals surface area (Å²) in [6.07, 6.45) is -0.388. The van der Waals surface area contributed by atoms with Gasteiger partial charge < -0.3 is 14.9 Å². The minimum atomic E-state index is -4.11. The standard InChI is InChI=1S/C21H19ClFNO5S/c1-29-17-9-6-15(7-10-17)21(25,26)13-14-4-2-3-5-20(14)30(27,28)24-16-8-11-19(23)18(22)12-16/h2-12,24-26H,13H2,1H3. The number of hydrogen-bond acceptors (Lipinski definition) is 5. The van der Waals surface area contributed by atoms with Gasteiger partial charge in [0.15, 0.2) is 5.79 Å². The average Bonchev–Trinajstić information content (AvgIpc) is 2.70. The molecule has 0 aliphatic rings. The Morgan fingerprint density at radius 1 is 1.07 bits per heavy atom. The Labute approximate surface area is 178 Å². The zero-order chi connectivity index (χ0) is 21.9. The minimum Gasteiger partial charge on any atom is -0.497 e. The second kappa shape index (κ2) is 8.61. The first-order chi connectivity index (χ1) is 14.1. The van der Waals surface area contributed by atoms with E-state index in [1.807, 2.05) is 0 Å². The Morgan fingerprint density at radius 3 is 2.37 bits per heavy atom. The molecule has 0 fully saturated rings. The van der Waals surface area contributed by atoms with Crippen molar-refractivity contribution in [2.75, 3.05) is 11.8 Å². The smallest absolute Gasteiger partial charge is 0.262 e. The van der Waals surface area contributed by atoms with Gasteiger partial charge in [-0.1, -0.05) is 29.8 Å². The molecule has 0 saturated carbocycles. The van der Waals surface area contributed by atoms with Crippen molar-refractivity contribution in [1.82, 2.24) is 0 Å². The molecule has 0 aliphatic heterocycles. The normalized spacial score (nSPS) is 11.9. The third kappa shape index (κ3) is 4.91. The lowest BCUT2D eigenvalue weighted by Gasteiger charge is -2.24. The summed E-state index contributed by atoms with van der Waals surface area (Å²) in [4.78, 5) is -0.147. The summed E-state index contributed by atoms with van der Waals surface area (Å²) in [5.74, 6) is -2.46. The quantitative estimate of drug-likeness (QED) is 0.476. The monoisotopic (exact) mass is 451 g/mol. The van der Waals surface area contributed by atoms with E-state index in [2.05, 4.69) is 4.72 Å². The van der Waals surface area contributed by atoms with Gasteiger partial charge in [0.25, 0.3) is 10.0 Å². The molecule has 3 aromatic rings. The highest BCUT2D eigenvalue weighted by atomic mass is 35.5. The Kier molecular flexibility index (Phi) is 6.33. The maximum Gasteiger partial charge on any atom is 0.262 e. The van der Waals surface area contributed by atoms with Gasteiger partial charge >= 0.3 is 0 Å². The maximum atomic E-state index is 13.3. The van der Waals surface area contributed by atoms with Crippen molar-refractivity contribution in [2.45, 2.75) is 17.1 Å². The molecule has 3 aromatic carbocycles. The summed E-state index contributed by atoms with van der Waals surface area (Å²) in [7, 11) is -2.62. The van der Waals surface area contributed by atoms with Crippen LogP contribution in [0.5, 0.6) is 5.75 Å². The van der Waals surface area contributed by atoms with Gasteiger partial charge in [-0.3, -0.25) is 4.72 Å². The summed E-state index contributed by atoms with van der Waals surface area (Å²) in [6, 6.07) is 15.5. The lowest BCUT2D eigenvalue weighted by atomic mass is 9.98. The second-order valence-electron chi connectivity index (χ2n) is 6.56. The topological polar surface area (TPSA) is 95.9 Å². The Hall–Kier alpha value is -2.65. The highest BCUT2D eigenvalue weighted by Crippen LogP contribution is 2.29. The predicted octanol–water partition coefficient (Wildman–Crippen LogP) is 3.67. The molecular formula is C21H19ClFNO5S. The fraction of sp³-hybridized carbons (Fsp3) is 0.143. The van der Waals surface area contributed by atoms with Crippen molar-refractivity contribution in [3.05, 3.63) is 88.7 Å². The maximum absolute atomic E-state index is 13.3. The number of nitrogens with one attached hydrogen (secondary N) is 1. The van der Waals surface area contributed by atoms with Gasteiger partial charge in [0.1, 0.15) is 11.6 Å². The molecule has 0 spiro atoms. The van der Waals surface area contributed by atoms with E-state index in [1.165, 1.54) is 43.5 Å². The van der Waals surface area contributed by atoms with Crippen LogP contribution in [0.2, 0.25) is 5.02 Å². The SMILES string of the molecule is COc1ccc(C(O)(O)Cc2ccccc2S(=O)(=O)Nc2ccc(F)c(Cl)c2)cc1. The largest absolute Gasteiger partial charge is 0.497 e. The summed E-state index contributed by atoms with van der Waals surface area (Å²) < 4.78 is 46.5. The number of halogens is 2. The Bertz CT molecular complexity index is 1150. The van der Waals surface area contributed by atoms with Crippen LogP contribution < -0.4 is 9.46 Å². The van der Waals surface area contributed by atoms with E-state index in [4.69, 9.17) is 16.3 Å². The van der Waals surface area contributed by atoms with E-state index in [1.54, 1.807) is 18.2 Å². The molecule has 3 rings (SSSR count). The number of sulfonamides is 1. The zero-order valence-electron chi connectivity index (χ0n) is 15.8. The number of hydrogen-bond donors (Lipinski definition) is 3. The molecule has 158 valence electrons. The van der Waals surface area contributed by atoms with E-state index >= 15 is 0 Å². The summed E-state index contributed by atoms with van der Waals surface area (Å²) in [5.41, 5.74) is 0.429. The fourth-order valence-electron chi connectivity index (χ4n) is 2.91. The third-order valence-electron chi connectivity index (χ3n) is 4.42. The van der Waals surface area contributed by atoms with Crippen LogP contribution in [0.25, 0.3) is 0 Å². The fourth-order valence-corrected chi connectivity index (χ4v) is 4.38. The molecule has 0 unspecified atom stereocenters. The number of ether oxygens (including phenoxy) is 1. The lowest BCUT2D eigenvalue weighted by Crippen LogP contribution is -2.29. The molecule has 0 aliphatic carbocycles. The number of benzene rings is 3. The summed E-state index contributed by atoms with van der Waals surface area (Å²) in [6.45, 7) is 0. The van der Waals surface area contributed by atoms with E-state index in [0.717, 1.165) is 12.1 Å². The number of aliphatic hydroxyl groups is 2. The number of methoxy groups -OCH3 is 1. The van der Waals surface area contributed by atoms with Crippen LogP contribution in [0, 0.1) is 5.82 Å². The first-order valence-electron chi connectivity index (χ1n) is 8.77. The van der Waals surface area contributed by atoms with E-state index < -0.39 is 21.6 Å². The van der Waals surface area contributed by atoms with Gasteiger partial charge in [-0.15, -0.1) is 0 Å². The molecule has 30 heavy (non-hydrogen) atoms. The molecule has 0 atom stereocenters. The van der Waals surface area contributed by atoms with Crippen molar-refractivity contribution >= 4 is 27.3 Å². The highest BCUT2D eigenvalue weighted by Gasteiger charge is 2.30. The molecule has 0 aromatic heterocycles. The van der Waals surface area contributed by atoms with E-state index in [-0.39, 0.29) is 33.2 Å². The van der Waals surface area contributed by atoms with Gasteiger partial charge in [-0.05, 0) is 54.1 Å². The molecule has 0 radical (unpaired) electrons. The zero-order valence-corrected chi connectivity index (χ0v) is 17.4. The van der Waals surface area contributed by atoms with Crippen LogP contribution in [-0.4, -0.2) is 25.7 Å². The molecule has 3 N–H and O–H groups in total. The Balaban J connectivity index is 1.91. The first-order valence-corrected chi connectivity index (χ1v) is 10.6. The van der Waals surface area contributed by atoms with Crippen LogP contribution in [0.1, 0.15) is 11.1 Å². The first kappa shape index (κ1) is 22.0. The van der Waals surface area contributed by atoms with Crippen molar-refractivity contribution in [2.24, 2.45) is 0 Å². The second-order valence-corrected chi connectivity index (χ2v) is 8.62. The van der Waals surface area contributed by atoms with E-state index in [0.29, 0.717) is 5.75 Å². The van der Waals surface area contributed by atoms with Gasteiger partial charge in [-0.25, -0.2) is 12.8 Å². The van der Waals surface area contributed by atoms with Crippen molar-refractivity contribution in [3.63, 3.8) is 0 Å². The molecule has 6 nitrogen and oxygen atoms in total. The number of anilines is 1. The van der Waals surface area contributed by atoms with Crippen molar-refractivity contribution < 1.29 is 27.8 Å². The Morgan fingerprint density at radius 2 is 1.73 bits per heavy atom. The highest BCUT2D eigenvalue weighted by molar-refractivity contribution is 7.92. The van der Waals surface area contributed by atoms with Crippen molar-refractivity contribution in [1.29, 1.82) is 0 Å². The third-order valence-corrected chi connectivity index (χ3v) is 6.19. The lowest BCUT2D eigenvalue weighted by molar-refractivity contribution is -0.168. The van der Waals surface area contributed by atoms with E-state index in [9.17, 15) is 23.0 Å². The van der Waals surface area contributed by atoms with Gasteiger partial charge in [0, 0.05) is 12.0 Å². The molecule has 0 bridgehead atoms. The summed E-state index contributed by atoms with van der Waals surface area (Å²) in [5, 5.41) is 21.0. The number of rotatable bonds is 7. The minimum absolute atomic E-state index is 0.0746. The van der Waals surface area contributed by atoms with Gasteiger partial charge in [0.05, 0.1) is 22.7 Å². The van der Waals surface area contributed by atoms with Gasteiger partial charge in [0.2, 0.25) is 0 Å². The molecule has 9 heteroatoms. The molecule has 0 heterocycles. The van der Waals surface area contributed by atoms with Crippen LogP contribution in [0.4, 0.5) is 10.1 Å². The molecule has 0 saturated heterocycles. The molecule has 0 amide bonds. The van der Waals surface area contributed by atoms with Crippen LogP contribution in [0.15, 0.2) is 71.6 Å². The van der Waals surface area contributed by atoms with Gasteiger partial charge in [-0.2, -0.15) is 0 Å². The van der Waals surface area contributed by atoms with Crippen LogP contribution in [0.3, 0.4) is 0 Å². The van der Waals surface area contributed by atoms with Crippen LogP contribution >= 0.6 is 11.6 Å². The average molecular weight is 452 g/mol. The molecular weight excluding hydrogens is 433 g/mol. The predicted molar refractivity (Wildman–Crippen MR) is 111 cm³/mol. The summed E-state index contributed by atoms with van der Waals surface area (Å²) >= 11 is 5.71.